The Morgan fingerprint density at radius 2 is 1.44 bits per heavy atom. The zero-order chi connectivity index (χ0) is 25.6. The van der Waals surface area contributed by atoms with Crippen LogP contribution in [0.25, 0.3) is 0 Å². The summed E-state index contributed by atoms with van der Waals surface area (Å²) in [6.07, 6.45) is 6.17. The second-order valence-corrected chi connectivity index (χ2v) is 8.77. The number of nitrogens with one attached hydrogen (secondary N) is 1. The Bertz CT molecular complexity index is 1100. The summed E-state index contributed by atoms with van der Waals surface area (Å²) in [5.74, 6) is 1.60. The summed E-state index contributed by atoms with van der Waals surface area (Å²) in [5, 5.41) is 4.63. The molecule has 1 N–H and O–H groups in total. The van der Waals surface area contributed by atoms with E-state index in [-0.39, 0.29) is 12.5 Å². The van der Waals surface area contributed by atoms with Crippen molar-refractivity contribution in [2.75, 3.05) is 19.8 Å². The molecule has 1 amide bonds. The van der Waals surface area contributed by atoms with E-state index in [0.29, 0.717) is 33.5 Å². The number of unbranched alkanes of at least 4 members (excludes halogenated alkanes) is 3. The van der Waals surface area contributed by atoms with Crippen LogP contribution in [-0.2, 0) is 0 Å². The summed E-state index contributed by atoms with van der Waals surface area (Å²) in [6, 6.07) is 19.6. The Kier molecular flexibility index (Phi) is 11.4. The zero-order valence-corrected chi connectivity index (χ0v) is 21.7. The maximum Gasteiger partial charge on any atom is 0.271 e. The molecule has 0 radical (unpaired) electrons. The zero-order valence-electron chi connectivity index (χ0n) is 20.2. The number of carbonyl (C=O) groups is 1. The predicted molar refractivity (Wildman–Crippen MR) is 145 cm³/mol. The first-order valence-electron chi connectivity index (χ1n) is 11.9. The van der Waals surface area contributed by atoms with E-state index >= 15 is 0 Å². The summed E-state index contributed by atoms with van der Waals surface area (Å²) in [5.41, 5.74) is 3.60. The standard InChI is InChI=1S/C28H30Cl2N2O4/c1-2-3-4-8-15-34-23-11-13-24(14-12-23)35-16-17-36-27-25(29)18-21(19-26(27)30)20-31-32-28(33)22-9-6-5-7-10-22/h5-7,9-14,18-20H,2-4,8,15-17H2,1H3,(H,32,33)/b31-20-. The lowest BCUT2D eigenvalue weighted by atomic mass is 10.2. The molecule has 0 atom stereocenters. The molecule has 0 bridgehead atoms. The van der Waals surface area contributed by atoms with Crippen molar-refractivity contribution in [2.45, 2.75) is 32.6 Å². The molecular weight excluding hydrogens is 499 g/mol. The van der Waals surface area contributed by atoms with E-state index in [1.807, 2.05) is 30.3 Å². The molecule has 0 aliphatic rings. The number of halogens is 2. The maximum atomic E-state index is 12.0. The van der Waals surface area contributed by atoms with Crippen LogP contribution >= 0.6 is 23.2 Å². The average Bonchev–Trinajstić information content (AvgIpc) is 2.89. The van der Waals surface area contributed by atoms with Crippen LogP contribution in [0.2, 0.25) is 10.0 Å². The number of rotatable bonds is 14. The SMILES string of the molecule is CCCCCCOc1ccc(OCCOc2c(Cl)cc(/C=N\NC(=O)c3ccccc3)cc2Cl)cc1. The fourth-order valence-electron chi connectivity index (χ4n) is 3.27. The Balaban J connectivity index is 1.42. The molecule has 8 heteroatoms. The Morgan fingerprint density at radius 3 is 2.08 bits per heavy atom. The fourth-order valence-corrected chi connectivity index (χ4v) is 3.88. The lowest BCUT2D eigenvalue weighted by Gasteiger charge is -2.12. The second kappa shape index (κ2) is 15.0. The highest BCUT2D eigenvalue weighted by molar-refractivity contribution is 6.37. The van der Waals surface area contributed by atoms with Crippen LogP contribution in [0, 0.1) is 0 Å². The number of hydrazone groups is 1. The van der Waals surface area contributed by atoms with Gasteiger partial charge in [0.2, 0.25) is 0 Å². The smallest absolute Gasteiger partial charge is 0.271 e. The second-order valence-electron chi connectivity index (χ2n) is 7.96. The fraction of sp³-hybridized carbons (Fsp3) is 0.286. The number of hydrogen-bond donors (Lipinski definition) is 1. The van der Waals surface area contributed by atoms with Crippen LogP contribution in [0.3, 0.4) is 0 Å². The highest BCUT2D eigenvalue weighted by Gasteiger charge is 2.10. The van der Waals surface area contributed by atoms with Gasteiger partial charge in [-0.1, -0.05) is 67.6 Å². The third-order valence-corrected chi connectivity index (χ3v) is 5.69. The Hall–Kier alpha value is -3.22. The Labute approximate surface area is 222 Å². The lowest BCUT2D eigenvalue weighted by molar-refractivity contribution is 0.0955. The number of ether oxygens (including phenoxy) is 3. The van der Waals surface area contributed by atoms with Crippen LogP contribution in [-0.4, -0.2) is 31.9 Å². The molecule has 0 fully saturated rings. The van der Waals surface area contributed by atoms with Crippen LogP contribution in [0.1, 0.15) is 48.5 Å². The highest BCUT2D eigenvalue weighted by Crippen LogP contribution is 2.33. The van der Waals surface area contributed by atoms with Crippen LogP contribution in [0.5, 0.6) is 17.2 Å². The van der Waals surface area contributed by atoms with E-state index in [4.69, 9.17) is 37.4 Å². The number of benzene rings is 3. The van der Waals surface area contributed by atoms with Gasteiger partial charge < -0.3 is 14.2 Å². The molecule has 0 saturated heterocycles. The van der Waals surface area contributed by atoms with Gasteiger partial charge in [0.15, 0.2) is 5.75 Å². The number of nitrogens with zero attached hydrogens (tertiary/aromatic N) is 1. The monoisotopic (exact) mass is 528 g/mol. The van der Waals surface area contributed by atoms with Gasteiger partial charge in [-0.25, -0.2) is 5.43 Å². The van der Waals surface area contributed by atoms with E-state index in [1.165, 1.54) is 25.5 Å². The van der Waals surface area contributed by atoms with Gasteiger partial charge in [-0.3, -0.25) is 4.79 Å². The van der Waals surface area contributed by atoms with E-state index in [2.05, 4.69) is 17.5 Å². The first-order chi connectivity index (χ1) is 17.6. The van der Waals surface area contributed by atoms with Crippen molar-refractivity contribution in [1.29, 1.82) is 0 Å². The third kappa shape index (κ3) is 9.10. The van der Waals surface area contributed by atoms with Crippen molar-refractivity contribution in [3.63, 3.8) is 0 Å². The van der Waals surface area contributed by atoms with E-state index in [1.54, 1.807) is 36.4 Å². The predicted octanol–water partition coefficient (Wildman–Crippen LogP) is 7.17. The van der Waals surface area contributed by atoms with Gasteiger partial charge in [-0.2, -0.15) is 5.10 Å². The molecule has 0 unspecified atom stereocenters. The summed E-state index contributed by atoms with van der Waals surface area (Å²) >= 11 is 12.7. The average molecular weight is 529 g/mol. The van der Waals surface area contributed by atoms with Crippen molar-refractivity contribution >= 4 is 35.3 Å². The molecule has 3 rings (SSSR count). The van der Waals surface area contributed by atoms with Gasteiger partial charge in [0.25, 0.3) is 5.91 Å². The molecule has 0 spiro atoms. The number of hydrogen-bond acceptors (Lipinski definition) is 5. The van der Waals surface area contributed by atoms with Crippen LogP contribution < -0.4 is 19.6 Å². The van der Waals surface area contributed by atoms with Crippen molar-refractivity contribution in [2.24, 2.45) is 5.10 Å². The normalized spacial score (nSPS) is 10.9. The molecule has 190 valence electrons. The van der Waals surface area contributed by atoms with Crippen molar-refractivity contribution in [3.05, 3.63) is 87.9 Å². The van der Waals surface area contributed by atoms with Crippen molar-refractivity contribution < 1.29 is 19.0 Å². The van der Waals surface area contributed by atoms with Crippen LogP contribution in [0.4, 0.5) is 0 Å². The van der Waals surface area contributed by atoms with E-state index < -0.39 is 0 Å². The van der Waals surface area contributed by atoms with Gasteiger partial charge in [0, 0.05) is 5.56 Å². The van der Waals surface area contributed by atoms with E-state index in [9.17, 15) is 4.79 Å². The van der Waals surface area contributed by atoms with Gasteiger partial charge in [0.1, 0.15) is 24.7 Å². The minimum Gasteiger partial charge on any atom is -0.494 e. The van der Waals surface area contributed by atoms with Crippen molar-refractivity contribution in [1.82, 2.24) is 5.43 Å². The first kappa shape index (κ1) is 27.4. The molecular formula is C28H30Cl2N2O4. The summed E-state index contributed by atoms with van der Waals surface area (Å²) < 4.78 is 17.2. The first-order valence-corrected chi connectivity index (χ1v) is 12.7. The highest BCUT2D eigenvalue weighted by atomic mass is 35.5. The molecule has 0 saturated carbocycles. The quantitative estimate of drug-likeness (QED) is 0.137. The van der Waals surface area contributed by atoms with Gasteiger partial charge in [-0.15, -0.1) is 0 Å². The lowest BCUT2D eigenvalue weighted by Crippen LogP contribution is -2.17. The minimum absolute atomic E-state index is 0.260. The van der Waals surface area contributed by atoms with Gasteiger partial charge in [-0.05, 0) is 60.5 Å². The minimum atomic E-state index is -0.312. The largest absolute Gasteiger partial charge is 0.494 e. The molecule has 0 heterocycles. The Morgan fingerprint density at radius 1 is 0.833 bits per heavy atom. The third-order valence-electron chi connectivity index (χ3n) is 5.13. The van der Waals surface area contributed by atoms with Gasteiger partial charge in [0.05, 0.1) is 22.9 Å². The maximum absolute atomic E-state index is 12.0. The summed E-state index contributed by atoms with van der Waals surface area (Å²) in [7, 11) is 0. The summed E-state index contributed by atoms with van der Waals surface area (Å²) in [4.78, 5) is 12.0. The molecule has 0 aliphatic carbocycles. The molecule has 3 aromatic carbocycles. The van der Waals surface area contributed by atoms with Crippen LogP contribution in [0.15, 0.2) is 71.8 Å². The number of amides is 1. The van der Waals surface area contributed by atoms with Gasteiger partial charge >= 0.3 is 0 Å². The van der Waals surface area contributed by atoms with Crippen molar-refractivity contribution in [3.8, 4) is 17.2 Å². The molecule has 0 aliphatic heterocycles. The van der Waals surface area contributed by atoms with E-state index in [0.717, 1.165) is 24.5 Å². The molecule has 3 aromatic rings. The molecule has 36 heavy (non-hydrogen) atoms. The molecule has 0 aromatic heterocycles. The molecule has 6 nitrogen and oxygen atoms in total. The summed E-state index contributed by atoms with van der Waals surface area (Å²) in [6.45, 7) is 3.49. The number of carbonyl (C=O) groups excluding carboxylic acids is 1. The topological polar surface area (TPSA) is 69.2 Å².